The number of hydrogen-bond donors (Lipinski definition) is 2. The number of anilines is 1. The molecule has 2 rings (SSSR count). The summed E-state index contributed by atoms with van der Waals surface area (Å²) >= 11 is 0. The molecule has 8 nitrogen and oxygen atoms in total. The molecule has 21 heavy (non-hydrogen) atoms. The van der Waals surface area contributed by atoms with Crippen LogP contribution in [0.3, 0.4) is 0 Å². The topological polar surface area (TPSA) is 114 Å². The quantitative estimate of drug-likeness (QED) is 0.658. The van der Waals surface area contributed by atoms with Crippen LogP contribution in [0.2, 0.25) is 0 Å². The molecule has 0 aliphatic heterocycles. The molecule has 0 bridgehead atoms. The summed E-state index contributed by atoms with van der Waals surface area (Å²) < 4.78 is 1.56. The summed E-state index contributed by atoms with van der Waals surface area (Å²) in [4.78, 5) is 33.1. The molecule has 0 atom stereocenters. The maximum Gasteiger partial charge on any atom is 0.335 e. The SMILES string of the molecule is Cn1cccc1C(=O)Nc1ccc(C(=O)O)cc1[N+](=O)[O-]. The van der Waals surface area contributed by atoms with Gasteiger partial charge in [-0.25, -0.2) is 4.79 Å². The number of carboxylic acid groups (broad SMARTS) is 1. The molecule has 1 amide bonds. The van der Waals surface area contributed by atoms with Gasteiger partial charge in [-0.2, -0.15) is 0 Å². The molecule has 0 aliphatic rings. The number of hydrogen-bond acceptors (Lipinski definition) is 4. The molecule has 0 saturated carbocycles. The van der Waals surface area contributed by atoms with Gasteiger partial charge in [0, 0.05) is 19.3 Å². The van der Waals surface area contributed by atoms with E-state index < -0.39 is 22.5 Å². The van der Waals surface area contributed by atoms with E-state index in [1.54, 1.807) is 29.9 Å². The Morgan fingerprint density at radius 3 is 2.57 bits per heavy atom. The van der Waals surface area contributed by atoms with Gasteiger partial charge in [-0.15, -0.1) is 0 Å². The summed E-state index contributed by atoms with van der Waals surface area (Å²) in [7, 11) is 1.66. The second-order valence-corrected chi connectivity index (χ2v) is 4.25. The van der Waals surface area contributed by atoms with Gasteiger partial charge in [0.05, 0.1) is 10.5 Å². The van der Waals surface area contributed by atoms with Crippen molar-refractivity contribution in [2.24, 2.45) is 7.05 Å². The zero-order valence-electron chi connectivity index (χ0n) is 10.9. The second kappa shape index (κ2) is 5.45. The van der Waals surface area contributed by atoms with Crippen LogP contribution in [0.4, 0.5) is 11.4 Å². The molecule has 0 saturated heterocycles. The molecule has 1 aromatic carbocycles. The Bertz CT molecular complexity index is 735. The third kappa shape index (κ3) is 2.89. The fourth-order valence-electron chi connectivity index (χ4n) is 1.80. The second-order valence-electron chi connectivity index (χ2n) is 4.25. The van der Waals surface area contributed by atoms with Gasteiger partial charge in [0.15, 0.2) is 0 Å². The highest BCUT2D eigenvalue weighted by Gasteiger charge is 2.20. The standard InChI is InChI=1S/C13H11N3O5/c1-15-6-2-3-10(15)12(17)14-9-5-4-8(13(18)19)7-11(9)16(20)21/h2-7H,1H3,(H,14,17)(H,18,19). The minimum Gasteiger partial charge on any atom is -0.478 e. The van der Waals surface area contributed by atoms with Crippen molar-refractivity contribution in [3.63, 3.8) is 0 Å². The van der Waals surface area contributed by atoms with Crippen LogP contribution in [0.5, 0.6) is 0 Å². The molecule has 0 unspecified atom stereocenters. The average molecular weight is 289 g/mol. The number of nitrogens with zero attached hydrogens (tertiary/aromatic N) is 2. The fourth-order valence-corrected chi connectivity index (χ4v) is 1.80. The van der Waals surface area contributed by atoms with Gasteiger partial charge >= 0.3 is 5.97 Å². The number of aryl methyl sites for hydroxylation is 1. The predicted octanol–water partition coefficient (Wildman–Crippen LogP) is 1.88. The lowest BCUT2D eigenvalue weighted by Crippen LogP contribution is -2.16. The Labute approximate surface area is 118 Å². The van der Waals surface area contributed by atoms with Crippen LogP contribution >= 0.6 is 0 Å². The van der Waals surface area contributed by atoms with Crippen LogP contribution in [0.25, 0.3) is 0 Å². The number of aromatic nitrogens is 1. The van der Waals surface area contributed by atoms with Crippen LogP contribution in [0.15, 0.2) is 36.5 Å². The number of nitro groups is 1. The first kappa shape index (κ1) is 14.3. The smallest absolute Gasteiger partial charge is 0.335 e. The summed E-state index contributed by atoms with van der Waals surface area (Å²) in [5, 5.41) is 22.2. The zero-order valence-corrected chi connectivity index (χ0v) is 10.9. The van der Waals surface area contributed by atoms with Gasteiger partial charge in [-0.05, 0) is 24.3 Å². The van der Waals surface area contributed by atoms with Crippen molar-refractivity contribution < 1.29 is 19.6 Å². The summed E-state index contributed by atoms with van der Waals surface area (Å²) in [5.41, 5.74) is -0.432. The highest BCUT2D eigenvalue weighted by molar-refractivity contribution is 6.04. The van der Waals surface area contributed by atoms with Gasteiger partial charge in [0.25, 0.3) is 11.6 Å². The van der Waals surface area contributed by atoms with Crippen molar-refractivity contribution in [3.05, 3.63) is 57.9 Å². The molecular formula is C13H11N3O5. The minimum atomic E-state index is -1.28. The van der Waals surface area contributed by atoms with E-state index in [0.717, 1.165) is 6.07 Å². The highest BCUT2D eigenvalue weighted by atomic mass is 16.6. The van der Waals surface area contributed by atoms with Gasteiger partial charge in [-0.3, -0.25) is 14.9 Å². The van der Waals surface area contributed by atoms with Crippen molar-refractivity contribution in [1.82, 2.24) is 4.57 Å². The van der Waals surface area contributed by atoms with E-state index in [2.05, 4.69) is 5.32 Å². The molecule has 0 aliphatic carbocycles. The lowest BCUT2D eigenvalue weighted by Gasteiger charge is -2.07. The maximum absolute atomic E-state index is 12.0. The normalized spacial score (nSPS) is 10.1. The summed E-state index contributed by atoms with van der Waals surface area (Å²) in [6.07, 6.45) is 1.66. The summed E-state index contributed by atoms with van der Waals surface area (Å²) in [5.74, 6) is -1.80. The largest absolute Gasteiger partial charge is 0.478 e. The Balaban J connectivity index is 2.36. The van der Waals surface area contributed by atoms with Crippen LogP contribution < -0.4 is 5.32 Å². The Kier molecular flexibility index (Phi) is 3.70. The van der Waals surface area contributed by atoms with Gasteiger partial charge in [0.2, 0.25) is 0 Å². The average Bonchev–Trinajstić information content (AvgIpc) is 2.85. The van der Waals surface area contributed by atoms with Crippen LogP contribution in [-0.4, -0.2) is 26.5 Å². The van der Waals surface area contributed by atoms with E-state index in [-0.39, 0.29) is 11.3 Å². The van der Waals surface area contributed by atoms with E-state index in [9.17, 15) is 19.7 Å². The van der Waals surface area contributed by atoms with Gasteiger partial charge < -0.3 is 15.0 Å². The predicted molar refractivity (Wildman–Crippen MR) is 73.4 cm³/mol. The number of carboxylic acids is 1. The van der Waals surface area contributed by atoms with Crippen molar-refractivity contribution in [2.45, 2.75) is 0 Å². The Hall–Kier alpha value is -3.16. The minimum absolute atomic E-state index is 0.0591. The number of carbonyl (C=O) groups excluding carboxylic acids is 1. The number of nitro benzene ring substituents is 1. The van der Waals surface area contributed by atoms with Gasteiger partial charge in [0.1, 0.15) is 11.4 Å². The zero-order chi connectivity index (χ0) is 15.6. The monoisotopic (exact) mass is 289 g/mol. The van der Waals surface area contributed by atoms with Crippen LogP contribution in [0, 0.1) is 10.1 Å². The first-order chi connectivity index (χ1) is 9.90. The van der Waals surface area contributed by atoms with Crippen LogP contribution in [0.1, 0.15) is 20.8 Å². The summed E-state index contributed by atoms with van der Waals surface area (Å²) in [6.45, 7) is 0. The fraction of sp³-hybridized carbons (Fsp3) is 0.0769. The van der Waals surface area contributed by atoms with Gasteiger partial charge in [-0.1, -0.05) is 0 Å². The van der Waals surface area contributed by atoms with E-state index in [1.807, 2.05) is 0 Å². The number of benzene rings is 1. The van der Waals surface area contributed by atoms with Crippen molar-refractivity contribution >= 4 is 23.3 Å². The van der Waals surface area contributed by atoms with Crippen molar-refractivity contribution in [1.29, 1.82) is 0 Å². The number of aromatic carboxylic acids is 1. The number of nitrogens with one attached hydrogen (secondary N) is 1. The molecule has 0 radical (unpaired) electrons. The van der Waals surface area contributed by atoms with E-state index in [4.69, 9.17) is 5.11 Å². The molecule has 2 aromatic rings. The molecular weight excluding hydrogens is 278 g/mol. The Morgan fingerprint density at radius 1 is 1.33 bits per heavy atom. The third-order valence-corrected chi connectivity index (χ3v) is 2.87. The van der Waals surface area contributed by atoms with E-state index in [1.165, 1.54) is 12.1 Å². The van der Waals surface area contributed by atoms with Crippen molar-refractivity contribution in [2.75, 3.05) is 5.32 Å². The van der Waals surface area contributed by atoms with Crippen molar-refractivity contribution in [3.8, 4) is 0 Å². The number of amides is 1. The lowest BCUT2D eigenvalue weighted by molar-refractivity contribution is -0.383. The van der Waals surface area contributed by atoms with E-state index >= 15 is 0 Å². The number of carbonyl (C=O) groups is 2. The first-order valence-electron chi connectivity index (χ1n) is 5.84. The number of rotatable bonds is 4. The molecule has 0 fully saturated rings. The molecule has 0 spiro atoms. The molecule has 8 heteroatoms. The third-order valence-electron chi connectivity index (χ3n) is 2.87. The molecule has 1 heterocycles. The first-order valence-corrected chi connectivity index (χ1v) is 5.84. The summed E-state index contributed by atoms with van der Waals surface area (Å²) in [6, 6.07) is 6.52. The maximum atomic E-state index is 12.0. The molecule has 1 aromatic heterocycles. The Morgan fingerprint density at radius 2 is 2.05 bits per heavy atom. The van der Waals surface area contributed by atoms with E-state index in [0.29, 0.717) is 5.69 Å². The molecule has 2 N–H and O–H groups in total. The molecule has 108 valence electrons. The lowest BCUT2D eigenvalue weighted by atomic mass is 10.1. The van der Waals surface area contributed by atoms with Crippen LogP contribution in [-0.2, 0) is 7.05 Å². The highest BCUT2D eigenvalue weighted by Crippen LogP contribution is 2.26.